The molecule has 3 aromatic rings. The summed E-state index contributed by atoms with van der Waals surface area (Å²) in [6, 6.07) is 16.2. The van der Waals surface area contributed by atoms with Gasteiger partial charge in [-0.15, -0.1) is 0 Å². The lowest BCUT2D eigenvalue weighted by molar-refractivity contribution is 1.15. The van der Waals surface area contributed by atoms with Crippen LogP contribution in [0.2, 0.25) is 5.02 Å². The van der Waals surface area contributed by atoms with Crippen LogP contribution in [0.3, 0.4) is 0 Å². The summed E-state index contributed by atoms with van der Waals surface area (Å²) in [5, 5.41) is 5.28. The highest BCUT2D eigenvalue weighted by Gasteiger charge is 2.04. The van der Waals surface area contributed by atoms with Crippen LogP contribution in [0, 0.1) is 6.92 Å². The fraction of sp³-hybridized carbons (Fsp3) is 0.118. The van der Waals surface area contributed by atoms with Crippen molar-refractivity contribution in [3.63, 3.8) is 0 Å². The van der Waals surface area contributed by atoms with Gasteiger partial charge < -0.3 is 5.32 Å². The lowest BCUT2D eigenvalue weighted by atomic mass is 10.1. The third kappa shape index (κ3) is 2.61. The molecule has 100 valence electrons. The van der Waals surface area contributed by atoms with Crippen LogP contribution in [0.25, 0.3) is 10.9 Å². The minimum absolute atomic E-state index is 0.706. The number of nitrogens with zero attached hydrogens (tertiary/aromatic N) is 1. The number of aryl methyl sites for hydroxylation is 1. The Bertz CT molecular complexity index is 748. The highest BCUT2D eigenvalue weighted by molar-refractivity contribution is 6.33. The first-order valence-electron chi connectivity index (χ1n) is 6.57. The maximum Gasteiger partial charge on any atom is 0.0751 e. The molecule has 20 heavy (non-hydrogen) atoms. The number of nitrogens with one attached hydrogen (secondary N) is 1. The molecular weight excluding hydrogens is 268 g/mol. The second-order valence-electron chi connectivity index (χ2n) is 4.83. The number of rotatable bonds is 3. The Morgan fingerprint density at radius 1 is 1.10 bits per heavy atom. The summed E-state index contributed by atoms with van der Waals surface area (Å²) < 4.78 is 0. The zero-order valence-electron chi connectivity index (χ0n) is 11.2. The van der Waals surface area contributed by atoms with Crippen molar-refractivity contribution >= 4 is 28.2 Å². The van der Waals surface area contributed by atoms with Crippen LogP contribution < -0.4 is 5.32 Å². The maximum absolute atomic E-state index is 6.20. The molecule has 1 aromatic heterocycles. The molecule has 0 amide bonds. The van der Waals surface area contributed by atoms with Crippen LogP contribution in [-0.2, 0) is 6.54 Å². The summed E-state index contributed by atoms with van der Waals surface area (Å²) in [6.45, 7) is 2.76. The van der Waals surface area contributed by atoms with Crippen LogP contribution in [-0.4, -0.2) is 4.98 Å². The number of anilines is 1. The van der Waals surface area contributed by atoms with Gasteiger partial charge in [-0.25, -0.2) is 0 Å². The number of hydrogen-bond donors (Lipinski definition) is 1. The van der Waals surface area contributed by atoms with E-state index in [1.54, 1.807) is 0 Å². The standard InChI is InChI=1S/C17H15ClN2/c1-12-7-8-15(18)16(10-12)20-11-14-5-2-4-13-6-3-9-19-17(13)14/h2-10,20H,11H2,1H3. The van der Waals surface area contributed by atoms with Crippen LogP contribution in [0.4, 0.5) is 5.69 Å². The van der Waals surface area contributed by atoms with E-state index in [2.05, 4.69) is 47.6 Å². The summed E-state index contributed by atoms with van der Waals surface area (Å²) in [4.78, 5) is 4.46. The molecule has 0 aliphatic carbocycles. The first-order valence-corrected chi connectivity index (χ1v) is 6.94. The molecule has 2 nitrogen and oxygen atoms in total. The second kappa shape index (κ2) is 5.51. The summed E-state index contributed by atoms with van der Waals surface area (Å²) >= 11 is 6.20. The number of halogens is 1. The molecule has 0 aliphatic heterocycles. The smallest absolute Gasteiger partial charge is 0.0751 e. The van der Waals surface area contributed by atoms with E-state index in [0.717, 1.165) is 21.6 Å². The van der Waals surface area contributed by atoms with Crippen LogP contribution in [0.5, 0.6) is 0 Å². The van der Waals surface area contributed by atoms with Gasteiger partial charge in [0, 0.05) is 18.1 Å². The average Bonchev–Trinajstić information content (AvgIpc) is 2.48. The Balaban J connectivity index is 1.89. The van der Waals surface area contributed by atoms with Crippen molar-refractivity contribution in [2.75, 3.05) is 5.32 Å². The summed E-state index contributed by atoms with van der Waals surface area (Å²) in [6.07, 6.45) is 1.82. The van der Waals surface area contributed by atoms with Crippen molar-refractivity contribution < 1.29 is 0 Å². The Hall–Kier alpha value is -2.06. The van der Waals surface area contributed by atoms with Gasteiger partial charge in [-0.05, 0) is 36.2 Å². The van der Waals surface area contributed by atoms with Gasteiger partial charge in [0.05, 0.1) is 16.2 Å². The van der Waals surface area contributed by atoms with Crippen LogP contribution >= 0.6 is 11.6 Å². The first kappa shape index (κ1) is 12.9. The van der Waals surface area contributed by atoms with Gasteiger partial charge in [0.15, 0.2) is 0 Å². The quantitative estimate of drug-likeness (QED) is 0.746. The molecule has 0 atom stereocenters. The Morgan fingerprint density at radius 3 is 2.85 bits per heavy atom. The average molecular weight is 283 g/mol. The minimum Gasteiger partial charge on any atom is -0.380 e. The summed E-state index contributed by atoms with van der Waals surface area (Å²) in [7, 11) is 0. The van der Waals surface area contributed by atoms with E-state index in [4.69, 9.17) is 11.6 Å². The van der Waals surface area contributed by atoms with E-state index in [1.807, 2.05) is 24.4 Å². The molecule has 0 bridgehead atoms. The zero-order valence-corrected chi connectivity index (χ0v) is 12.0. The molecule has 1 N–H and O–H groups in total. The van der Waals surface area contributed by atoms with Crippen molar-refractivity contribution in [3.05, 3.63) is 70.9 Å². The van der Waals surface area contributed by atoms with Gasteiger partial charge in [0.25, 0.3) is 0 Å². The number of fused-ring (bicyclic) bond motifs is 1. The Labute approximate surface area is 123 Å². The second-order valence-corrected chi connectivity index (χ2v) is 5.24. The van der Waals surface area contributed by atoms with E-state index < -0.39 is 0 Å². The lowest BCUT2D eigenvalue weighted by Crippen LogP contribution is -2.01. The Morgan fingerprint density at radius 2 is 1.95 bits per heavy atom. The van der Waals surface area contributed by atoms with E-state index in [0.29, 0.717) is 6.54 Å². The number of pyridine rings is 1. The molecule has 0 aliphatic rings. The SMILES string of the molecule is Cc1ccc(Cl)c(NCc2cccc3cccnc23)c1. The Kier molecular flexibility index (Phi) is 3.57. The minimum atomic E-state index is 0.706. The lowest BCUT2D eigenvalue weighted by Gasteiger charge is -2.11. The molecule has 1 heterocycles. The molecule has 0 saturated carbocycles. The topological polar surface area (TPSA) is 24.9 Å². The third-order valence-electron chi connectivity index (χ3n) is 3.31. The van der Waals surface area contributed by atoms with Crippen molar-refractivity contribution in [1.29, 1.82) is 0 Å². The predicted molar refractivity (Wildman–Crippen MR) is 85.3 cm³/mol. The number of para-hydroxylation sites is 1. The fourth-order valence-corrected chi connectivity index (χ4v) is 2.46. The van der Waals surface area contributed by atoms with Crippen molar-refractivity contribution in [1.82, 2.24) is 4.98 Å². The normalized spacial score (nSPS) is 10.7. The van der Waals surface area contributed by atoms with E-state index in [9.17, 15) is 0 Å². The molecular formula is C17H15ClN2. The summed E-state index contributed by atoms with van der Waals surface area (Å²) in [5.74, 6) is 0. The van der Waals surface area contributed by atoms with Crippen molar-refractivity contribution in [2.24, 2.45) is 0 Å². The molecule has 0 unspecified atom stereocenters. The molecule has 0 fully saturated rings. The fourth-order valence-electron chi connectivity index (χ4n) is 2.28. The first-order chi connectivity index (χ1) is 9.74. The van der Waals surface area contributed by atoms with E-state index in [1.165, 1.54) is 11.1 Å². The molecule has 2 aromatic carbocycles. The van der Waals surface area contributed by atoms with Gasteiger partial charge in [-0.1, -0.05) is 41.9 Å². The highest BCUT2D eigenvalue weighted by atomic mass is 35.5. The van der Waals surface area contributed by atoms with Gasteiger partial charge in [-0.3, -0.25) is 4.98 Å². The largest absolute Gasteiger partial charge is 0.380 e. The van der Waals surface area contributed by atoms with E-state index in [-0.39, 0.29) is 0 Å². The predicted octanol–water partition coefficient (Wildman–Crippen LogP) is 4.81. The summed E-state index contributed by atoms with van der Waals surface area (Å²) in [5.41, 5.74) is 4.35. The molecule has 3 rings (SSSR count). The molecule has 0 radical (unpaired) electrons. The van der Waals surface area contributed by atoms with Gasteiger partial charge in [0.1, 0.15) is 0 Å². The van der Waals surface area contributed by atoms with Crippen molar-refractivity contribution in [3.8, 4) is 0 Å². The van der Waals surface area contributed by atoms with Gasteiger partial charge in [0.2, 0.25) is 0 Å². The van der Waals surface area contributed by atoms with E-state index >= 15 is 0 Å². The van der Waals surface area contributed by atoms with Crippen LogP contribution in [0.1, 0.15) is 11.1 Å². The van der Waals surface area contributed by atoms with Gasteiger partial charge in [-0.2, -0.15) is 0 Å². The zero-order chi connectivity index (χ0) is 13.9. The maximum atomic E-state index is 6.20. The molecule has 3 heteroatoms. The van der Waals surface area contributed by atoms with Gasteiger partial charge >= 0.3 is 0 Å². The number of hydrogen-bond acceptors (Lipinski definition) is 2. The molecule has 0 saturated heterocycles. The number of aromatic nitrogens is 1. The third-order valence-corrected chi connectivity index (χ3v) is 3.64. The monoisotopic (exact) mass is 282 g/mol. The highest BCUT2D eigenvalue weighted by Crippen LogP contribution is 2.24. The number of benzene rings is 2. The van der Waals surface area contributed by atoms with Crippen molar-refractivity contribution in [2.45, 2.75) is 13.5 Å². The molecule has 0 spiro atoms. The van der Waals surface area contributed by atoms with Crippen LogP contribution in [0.15, 0.2) is 54.7 Å².